The molecule has 0 nitrogen and oxygen atoms in total. The highest BCUT2D eigenvalue weighted by Gasteiger charge is 2.02. The van der Waals surface area contributed by atoms with E-state index in [1.807, 2.05) is 0 Å². The predicted molar refractivity (Wildman–Crippen MR) is 56.0 cm³/mol. The lowest BCUT2D eigenvalue weighted by Gasteiger charge is -2.08. The third-order valence-electron chi connectivity index (χ3n) is 2.28. The molecule has 1 aromatic carbocycles. The summed E-state index contributed by atoms with van der Waals surface area (Å²) in [7, 11) is 5.85. The summed E-state index contributed by atoms with van der Waals surface area (Å²) in [6, 6.07) is 4.49. The zero-order valence-electron chi connectivity index (χ0n) is 7.95. The highest BCUT2D eigenvalue weighted by molar-refractivity contribution is 6.93. The van der Waals surface area contributed by atoms with E-state index in [9.17, 15) is 0 Å². The van der Waals surface area contributed by atoms with Crippen LogP contribution in [-0.4, -0.2) is 19.3 Å². The summed E-state index contributed by atoms with van der Waals surface area (Å²) in [4.78, 5) is 0. The van der Waals surface area contributed by atoms with Gasteiger partial charge in [0.05, 0.1) is 0 Å². The average Bonchev–Trinajstić information content (AvgIpc) is 2.00. The van der Waals surface area contributed by atoms with Crippen molar-refractivity contribution in [2.24, 2.45) is 0 Å². The van der Waals surface area contributed by atoms with E-state index in [-0.39, 0.29) is 19.3 Å². The van der Waals surface area contributed by atoms with Crippen LogP contribution in [0.2, 0.25) is 0 Å². The van der Waals surface area contributed by atoms with Gasteiger partial charge < -0.3 is 9.07 Å². The molecule has 0 aliphatic heterocycles. The predicted octanol–water partition coefficient (Wildman–Crippen LogP) is 2.97. The summed E-state index contributed by atoms with van der Waals surface area (Å²) in [6.07, 6.45) is 0. The second kappa shape index (κ2) is 4.49. The van der Waals surface area contributed by atoms with E-state index in [1.165, 1.54) is 22.3 Å². The van der Waals surface area contributed by atoms with Crippen LogP contribution < -0.4 is 0 Å². The maximum absolute atomic E-state index is 5.85. The highest BCUT2D eigenvalue weighted by Crippen LogP contribution is 2.16. The zero-order chi connectivity index (χ0) is 9.14. The number of aryl methyl sites for hydroxylation is 2. The Labute approximate surface area is 87.8 Å². The molecular formula is C10H13ClMg. The first-order valence-corrected chi connectivity index (χ1v) is 7.41. The molecule has 1 rings (SSSR count). The molecule has 0 aromatic heterocycles. The van der Waals surface area contributed by atoms with Gasteiger partial charge in [0, 0.05) is 0 Å². The Hall–Kier alpha value is 0.276. The fourth-order valence-electron chi connectivity index (χ4n) is 1.49. The van der Waals surface area contributed by atoms with Crippen LogP contribution in [0.3, 0.4) is 0 Å². The average molecular weight is 193 g/mol. The Kier molecular flexibility index (Phi) is 3.88. The van der Waals surface area contributed by atoms with Gasteiger partial charge in [-0.2, -0.15) is 0 Å². The van der Waals surface area contributed by atoms with Crippen molar-refractivity contribution in [2.75, 3.05) is 0 Å². The molecule has 0 fully saturated rings. The molecule has 0 saturated carbocycles. The van der Waals surface area contributed by atoms with Crippen molar-refractivity contribution in [3.05, 3.63) is 34.4 Å². The number of benzene rings is 1. The lowest BCUT2D eigenvalue weighted by Crippen LogP contribution is -1.96. The normalized spacial score (nSPS) is 9.67. The van der Waals surface area contributed by atoms with Crippen LogP contribution >= 0.6 is 9.07 Å². The van der Waals surface area contributed by atoms with Gasteiger partial charge >= 0.3 is 19.3 Å². The van der Waals surface area contributed by atoms with E-state index in [4.69, 9.17) is 9.07 Å². The standard InChI is InChI=1S/C10H13.ClH.Mg/c1-7-5-8(2)10(4)9(3)6-7;;/h5-6H,2H2,1,3-4H3;1H;/q;;+1/p-1. The van der Waals surface area contributed by atoms with Crippen molar-refractivity contribution in [2.45, 2.75) is 25.3 Å². The first kappa shape index (κ1) is 10.4. The second-order valence-corrected chi connectivity index (χ2v) is 5.32. The molecule has 0 radical (unpaired) electrons. The molecule has 0 saturated heterocycles. The van der Waals surface area contributed by atoms with Gasteiger partial charge in [-0.25, -0.2) is 0 Å². The van der Waals surface area contributed by atoms with Crippen LogP contribution in [0.25, 0.3) is 0 Å². The third kappa shape index (κ3) is 2.38. The molecule has 0 heterocycles. The van der Waals surface area contributed by atoms with Crippen molar-refractivity contribution in [3.8, 4) is 0 Å². The van der Waals surface area contributed by atoms with Crippen LogP contribution in [0.4, 0.5) is 0 Å². The fraction of sp³-hybridized carbons (Fsp3) is 0.400. The first-order valence-electron chi connectivity index (χ1n) is 4.28. The summed E-state index contributed by atoms with van der Waals surface area (Å²) >= 11 is -0.365. The van der Waals surface area contributed by atoms with E-state index < -0.39 is 0 Å². The van der Waals surface area contributed by atoms with Crippen molar-refractivity contribution >= 4 is 28.3 Å². The molecule has 1 aromatic rings. The maximum Gasteiger partial charge on any atom is 0.505 e. The Balaban J connectivity index is 3.09. The quantitative estimate of drug-likeness (QED) is 0.633. The summed E-state index contributed by atoms with van der Waals surface area (Å²) < 4.78 is 1.12. The van der Waals surface area contributed by atoms with Gasteiger partial charge in [0.2, 0.25) is 0 Å². The number of hydrogen-bond acceptors (Lipinski definition) is 0. The smallest absolute Gasteiger partial charge is 0.345 e. The van der Waals surface area contributed by atoms with E-state index in [1.54, 1.807) is 0 Å². The molecule has 0 bridgehead atoms. The molecule has 12 heavy (non-hydrogen) atoms. The van der Waals surface area contributed by atoms with Gasteiger partial charge in [-0.05, 0) is 31.9 Å². The van der Waals surface area contributed by atoms with Crippen molar-refractivity contribution < 1.29 is 0 Å². The molecule has 0 unspecified atom stereocenters. The number of hydrogen-bond donors (Lipinski definition) is 0. The minimum atomic E-state index is -0.365. The van der Waals surface area contributed by atoms with Crippen LogP contribution in [-0.2, 0) is 4.55 Å². The molecule has 2 heteroatoms. The Morgan fingerprint density at radius 3 is 2.50 bits per heavy atom. The van der Waals surface area contributed by atoms with Crippen LogP contribution in [0.15, 0.2) is 12.1 Å². The molecule has 62 valence electrons. The molecule has 0 atom stereocenters. The summed E-state index contributed by atoms with van der Waals surface area (Å²) in [6.45, 7) is 6.50. The fourth-order valence-corrected chi connectivity index (χ4v) is 2.82. The van der Waals surface area contributed by atoms with Crippen molar-refractivity contribution in [1.29, 1.82) is 0 Å². The lowest BCUT2D eigenvalue weighted by molar-refractivity contribution is 1.21. The molecule has 0 spiro atoms. The molecular weight excluding hydrogens is 180 g/mol. The molecule has 0 aliphatic carbocycles. The van der Waals surface area contributed by atoms with Gasteiger partial charge in [0.25, 0.3) is 0 Å². The summed E-state index contributed by atoms with van der Waals surface area (Å²) in [5.74, 6) is 0. The Morgan fingerprint density at radius 2 is 1.92 bits per heavy atom. The van der Waals surface area contributed by atoms with Gasteiger partial charge in [0.1, 0.15) is 0 Å². The maximum atomic E-state index is 5.85. The minimum Gasteiger partial charge on any atom is -0.345 e. The molecule has 0 amide bonds. The number of halogens is 1. The third-order valence-corrected chi connectivity index (χ3v) is 3.58. The van der Waals surface area contributed by atoms with E-state index in [2.05, 4.69) is 32.9 Å². The SMILES string of the molecule is Cc1cc(C)c(C)c([CH2][Mg][Cl])c1. The van der Waals surface area contributed by atoms with E-state index >= 15 is 0 Å². The largest absolute Gasteiger partial charge is 0.505 e. The van der Waals surface area contributed by atoms with E-state index in [0.717, 1.165) is 4.55 Å². The summed E-state index contributed by atoms with van der Waals surface area (Å²) in [5.41, 5.74) is 5.62. The van der Waals surface area contributed by atoms with Crippen molar-refractivity contribution in [3.63, 3.8) is 0 Å². The minimum absolute atomic E-state index is 0.365. The van der Waals surface area contributed by atoms with Gasteiger partial charge in [-0.15, -0.1) is 0 Å². The van der Waals surface area contributed by atoms with E-state index in [0.29, 0.717) is 0 Å². The lowest BCUT2D eigenvalue weighted by atomic mass is 10.0. The highest BCUT2D eigenvalue weighted by atomic mass is 35.5. The Morgan fingerprint density at radius 1 is 1.25 bits per heavy atom. The molecule has 0 aliphatic rings. The topological polar surface area (TPSA) is 0 Å². The van der Waals surface area contributed by atoms with Crippen LogP contribution in [0, 0.1) is 20.8 Å². The zero-order valence-corrected chi connectivity index (χ0v) is 10.1. The van der Waals surface area contributed by atoms with Gasteiger partial charge in [0.15, 0.2) is 0 Å². The van der Waals surface area contributed by atoms with Crippen molar-refractivity contribution in [1.82, 2.24) is 0 Å². The monoisotopic (exact) mass is 192 g/mol. The molecule has 0 N–H and O–H groups in total. The van der Waals surface area contributed by atoms with Gasteiger partial charge in [-0.3, -0.25) is 0 Å². The van der Waals surface area contributed by atoms with Gasteiger partial charge in [-0.1, -0.05) is 27.8 Å². The van der Waals surface area contributed by atoms with Crippen LogP contribution in [0.5, 0.6) is 0 Å². The summed E-state index contributed by atoms with van der Waals surface area (Å²) in [5, 5.41) is 0. The van der Waals surface area contributed by atoms with Crippen LogP contribution in [0.1, 0.15) is 22.3 Å². The first-order chi connectivity index (χ1) is 5.65. The Bertz CT molecular complexity index is 281. The number of rotatable bonds is 2. The second-order valence-electron chi connectivity index (χ2n) is 3.30.